The van der Waals surface area contributed by atoms with Crippen molar-refractivity contribution in [2.45, 2.75) is 13.3 Å². The minimum Gasteiger partial charge on any atom is -0.402 e. The first-order chi connectivity index (χ1) is 5.90. The Morgan fingerprint density at radius 1 is 1.31 bits per heavy atom. The molecule has 0 aliphatic carbocycles. The van der Waals surface area contributed by atoms with E-state index < -0.39 is 17.9 Å². The molecule has 1 aromatic heterocycles. The Morgan fingerprint density at radius 3 is 2.38 bits per heavy atom. The fourth-order valence-corrected chi connectivity index (χ4v) is 0.765. The Balaban J connectivity index is 3.00. The van der Waals surface area contributed by atoms with E-state index in [1.165, 1.54) is 6.92 Å². The quantitative estimate of drug-likeness (QED) is 0.642. The van der Waals surface area contributed by atoms with Gasteiger partial charge < -0.3 is 4.74 Å². The van der Waals surface area contributed by atoms with Crippen LogP contribution in [0, 0.1) is 12.7 Å². The zero-order chi connectivity index (χ0) is 10.1. The first kappa shape index (κ1) is 9.76. The molecule has 0 spiro atoms. The second-order valence-electron chi connectivity index (χ2n) is 2.32. The smallest absolute Gasteiger partial charge is 0.402 e. The first-order valence-electron chi connectivity index (χ1n) is 3.26. The molecule has 0 bridgehead atoms. The molecular formula is C7H5F4NO. The molecule has 1 rings (SSSR count). The van der Waals surface area contributed by atoms with Crippen molar-refractivity contribution in [1.82, 2.24) is 4.98 Å². The number of aryl methyl sites for hydroxylation is 1. The van der Waals surface area contributed by atoms with Crippen LogP contribution in [0.2, 0.25) is 0 Å². The third-order valence-electron chi connectivity index (χ3n) is 1.25. The monoisotopic (exact) mass is 195 g/mol. The number of aromatic nitrogens is 1. The lowest BCUT2D eigenvalue weighted by atomic mass is 10.3. The Bertz CT molecular complexity index is 290. The zero-order valence-electron chi connectivity index (χ0n) is 6.52. The van der Waals surface area contributed by atoms with Crippen LogP contribution in [0.25, 0.3) is 0 Å². The lowest BCUT2D eigenvalue weighted by molar-refractivity contribution is -0.275. The van der Waals surface area contributed by atoms with Crippen molar-refractivity contribution in [2.75, 3.05) is 0 Å². The van der Waals surface area contributed by atoms with Gasteiger partial charge in [0.1, 0.15) is 0 Å². The van der Waals surface area contributed by atoms with Gasteiger partial charge in [0.2, 0.25) is 0 Å². The molecule has 0 aromatic carbocycles. The van der Waals surface area contributed by atoms with E-state index in [9.17, 15) is 17.6 Å². The second kappa shape index (κ2) is 3.20. The Morgan fingerprint density at radius 2 is 1.92 bits per heavy atom. The number of hydrogen-bond acceptors (Lipinski definition) is 2. The number of hydrogen-bond donors (Lipinski definition) is 0. The summed E-state index contributed by atoms with van der Waals surface area (Å²) in [5, 5.41) is 0. The van der Waals surface area contributed by atoms with Gasteiger partial charge in [-0.3, -0.25) is 4.98 Å². The third-order valence-corrected chi connectivity index (χ3v) is 1.25. The van der Waals surface area contributed by atoms with Crippen LogP contribution in [0.5, 0.6) is 5.75 Å². The van der Waals surface area contributed by atoms with Gasteiger partial charge in [-0.1, -0.05) is 0 Å². The molecule has 0 N–H and O–H groups in total. The fourth-order valence-electron chi connectivity index (χ4n) is 0.765. The van der Waals surface area contributed by atoms with Gasteiger partial charge in [-0.05, 0) is 6.92 Å². The van der Waals surface area contributed by atoms with Gasteiger partial charge in [0.25, 0.3) is 0 Å². The van der Waals surface area contributed by atoms with Crippen molar-refractivity contribution in [3.05, 3.63) is 23.8 Å². The first-order valence-corrected chi connectivity index (χ1v) is 3.26. The number of nitrogens with zero attached hydrogens (tertiary/aromatic N) is 1. The van der Waals surface area contributed by atoms with E-state index in [-0.39, 0.29) is 5.56 Å². The predicted octanol–water partition coefficient (Wildman–Crippen LogP) is 2.43. The maximum absolute atomic E-state index is 12.7. The number of alkyl halides is 3. The molecule has 0 radical (unpaired) electrons. The molecule has 1 aromatic rings. The van der Waals surface area contributed by atoms with Crippen molar-refractivity contribution in [3.63, 3.8) is 0 Å². The van der Waals surface area contributed by atoms with Crippen molar-refractivity contribution in [2.24, 2.45) is 0 Å². The van der Waals surface area contributed by atoms with Crippen LogP contribution in [0.15, 0.2) is 12.4 Å². The van der Waals surface area contributed by atoms with Crippen LogP contribution in [-0.2, 0) is 0 Å². The van der Waals surface area contributed by atoms with Crippen LogP contribution >= 0.6 is 0 Å². The minimum atomic E-state index is -4.88. The summed E-state index contributed by atoms with van der Waals surface area (Å²) in [6.45, 7) is 1.27. The normalized spacial score (nSPS) is 11.5. The van der Waals surface area contributed by atoms with E-state index in [4.69, 9.17) is 0 Å². The van der Waals surface area contributed by atoms with Gasteiger partial charge in [0.15, 0.2) is 11.6 Å². The van der Waals surface area contributed by atoms with Crippen molar-refractivity contribution >= 4 is 0 Å². The SMILES string of the molecule is Cc1cncc(F)c1OC(F)(F)F. The highest BCUT2D eigenvalue weighted by atomic mass is 19.4. The largest absolute Gasteiger partial charge is 0.573 e. The topological polar surface area (TPSA) is 22.1 Å². The Labute approximate surface area is 71.2 Å². The van der Waals surface area contributed by atoms with Gasteiger partial charge in [0.05, 0.1) is 6.20 Å². The molecule has 1 heterocycles. The molecule has 0 saturated carbocycles. The molecule has 0 saturated heterocycles. The van der Waals surface area contributed by atoms with E-state index >= 15 is 0 Å². The van der Waals surface area contributed by atoms with Crippen LogP contribution in [0.1, 0.15) is 5.56 Å². The summed E-state index contributed by atoms with van der Waals surface area (Å²) in [5.74, 6) is -1.96. The van der Waals surface area contributed by atoms with Crippen LogP contribution in [0.4, 0.5) is 17.6 Å². The molecule has 6 heteroatoms. The van der Waals surface area contributed by atoms with Gasteiger partial charge in [-0.25, -0.2) is 4.39 Å². The van der Waals surface area contributed by atoms with E-state index in [1.807, 2.05) is 0 Å². The van der Waals surface area contributed by atoms with E-state index in [1.54, 1.807) is 0 Å². The lowest BCUT2D eigenvalue weighted by Crippen LogP contribution is -2.18. The lowest BCUT2D eigenvalue weighted by Gasteiger charge is -2.10. The summed E-state index contributed by atoms with van der Waals surface area (Å²) in [5.41, 5.74) is -0.00248. The molecule has 0 fully saturated rings. The summed E-state index contributed by atoms with van der Waals surface area (Å²) >= 11 is 0. The summed E-state index contributed by atoms with van der Waals surface area (Å²) in [6, 6.07) is 0. The van der Waals surface area contributed by atoms with Crippen LogP contribution in [-0.4, -0.2) is 11.3 Å². The average Bonchev–Trinajstić information content (AvgIpc) is 1.95. The van der Waals surface area contributed by atoms with Gasteiger partial charge in [0, 0.05) is 11.8 Å². The maximum Gasteiger partial charge on any atom is 0.573 e. The molecule has 0 amide bonds. The van der Waals surface area contributed by atoms with E-state index in [2.05, 4.69) is 9.72 Å². The molecule has 0 aliphatic rings. The molecular weight excluding hydrogens is 190 g/mol. The standard InChI is InChI=1S/C7H5F4NO/c1-4-2-12-3-5(8)6(4)13-7(9,10)11/h2-3H,1H3. The highest BCUT2D eigenvalue weighted by molar-refractivity contribution is 5.30. The fraction of sp³-hybridized carbons (Fsp3) is 0.286. The van der Waals surface area contributed by atoms with Gasteiger partial charge >= 0.3 is 6.36 Å². The van der Waals surface area contributed by atoms with Crippen LogP contribution < -0.4 is 4.74 Å². The van der Waals surface area contributed by atoms with Gasteiger partial charge in [-0.15, -0.1) is 13.2 Å². The summed E-state index contributed by atoms with van der Waals surface area (Å²) < 4.78 is 51.2. The number of rotatable bonds is 1. The number of halogens is 4. The minimum absolute atomic E-state index is 0.00248. The van der Waals surface area contributed by atoms with Crippen LogP contribution in [0.3, 0.4) is 0 Å². The molecule has 2 nitrogen and oxygen atoms in total. The van der Waals surface area contributed by atoms with Crippen molar-refractivity contribution in [3.8, 4) is 5.75 Å². The number of ether oxygens (including phenoxy) is 1. The second-order valence-corrected chi connectivity index (χ2v) is 2.32. The molecule has 13 heavy (non-hydrogen) atoms. The molecule has 0 unspecified atom stereocenters. The average molecular weight is 195 g/mol. The summed E-state index contributed by atoms with van der Waals surface area (Å²) in [7, 11) is 0. The highest BCUT2D eigenvalue weighted by Gasteiger charge is 2.33. The third kappa shape index (κ3) is 2.57. The summed E-state index contributed by atoms with van der Waals surface area (Å²) in [6.07, 6.45) is -3.13. The Hall–Kier alpha value is -1.33. The van der Waals surface area contributed by atoms with E-state index in [0.29, 0.717) is 6.20 Å². The maximum atomic E-state index is 12.7. The molecule has 72 valence electrons. The summed E-state index contributed by atoms with van der Waals surface area (Å²) in [4.78, 5) is 3.35. The Kier molecular flexibility index (Phi) is 2.40. The zero-order valence-corrected chi connectivity index (χ0v) is 6.52. The number of pyridine rings is 1. The molecule has 0 atom stereocenters. The molecule has 0 aliphatic heterocycles. The predicted molar refractivity (Wildman–Crippen MR) is 35.6 cm³/mol. The van der Waals surface area contributed by atoms with Gasteiger partial charge in [-0.2, -0.15) is 0 Å². The van der Waals surface area contributed by atoms with Crippen molar-refractivity contribution < 1.29 is 22.3 Å². The van der Waals surface area contributed by atoms with E-state index in [0.717, 1.165) is 6.20 Å². The highest BCUT2D eigenvalue weighted by Crippen LogP contribution is 2.27. The van der Waals surface area contributed by atoms with Crippen molar-refractivity contribution in [1.29, 1.82) is 0 Å².